The summed E-state index contributed by atoms with van der Waals surface area (Å²) in [6.45, 7) is 1.63. The van der Waals surface area contributed by atoms with E-state index >= 15 is 0 Å². The van der Waals surface area contributed by atoms with Crippen LogP contribution >= 0.6 is 7.82 Å². The molecule has 0 radical (unpaired) electrons. The summed E-state index contributed by atoms with van der Waals surface area (Å²) in [7, 11) is -4.62. The SMILES string of the molecule is Cc1ccc[c-]c1COP(=O)([O-])O.[K+]. The molecule has 1 aromatic carbocycles. The predicted molar refractivity (Wildman–Crippen MR) is 44.6 cm³/mol. The third-order valence-corrected chi connectivity index (χ3v) is 2.00. The molecule has 0 aromatic heterocycles. The zero-order valence-electron chi connectivity index (χ0n) is 8.06. The van der Waals surface area contributed by atoms with Gasteiger partial charge in [0.25, 0.3) is 7.82 Å². The van der Waals surface area contributed by atoms with Crippen molar-refractivity contribution in [1.82, 2.24) is 0 Å². The second-order valence-corrected chi connectivity index (χ2v) is 3.77. The third-order valence-electron chi connectivity index (χ3n) is 1.55. The van der Waals surface area contributed by atoms with E-state index in [2.05, 4.69) is 10.6 Å². The van der Waals surface area contributed by atoms with E-state index in [4.69, 9.17) is 4.89 Å². The van der Waals surface area contributed by atoms with Crippen molar-refractivity contribution >= 4 is 7.82 Å². The van der Waals surface area contributed by atoms with Gasteiger partial charge in [-0.3, -0.25) is 4.57 Å². The monoisotopic (exact) mass is 239 g/mol. The fourth-order valence-corrected chi connectivity index (χ4v) is 1.15. The van der Waals surface area contributed by atoms with Crippen molar-refractivity contribution in [1.29, 1.82) is 0 Å². The van der Waals surface area contributed by atoms with E-state index in [9.17, 15) is 9.46 Å². The van der Waals surface area contributed by atoms with E-state index in [1.54, 1.807) is 12.1 Å². The first kappa shape index (κ1) is 15.0. The molecule has 0 bridgehead atoms. The molecule has 0 spiro atoms. The zero-order valence-corrected chi connectivity index (χ0v) is 12.1. The molecule has 0 saturated carbocycles. The minimum atomic E-state index is -4.62. The molecule has 0 heterocycles. The van der Waals surface area contributed by atoms with Crippen LogP contribution in [0.4, 0.5) is 0 Å². The van der Waals surface area contributed by atoms with Gasteiger partial charge in [-0.15, -0.1) is 5.56 Å². The minimum absolute atomic E-state index is 0. The smallest absolute Gasteiger partial charge is 0.756 e. The van der Waals surface area contributed by atoms with E-state index in [1.807, 2.05) is 13.0 Å². The Morgan fingerprint density at radius 3 is 2.86 bits per heavy atom. The molecule has 4 nitrogen and oxygen atoms in total. The normalized spacial score (nSPS) is 14.2. The Morgan fingerprint density at radius 2 is 2.36 bits per heavy atom. The average Bonchev–Trinajstić information content (AvgIpc) is 2.01. The maximum Gasteiger partial charge on any atom is 1.00 e. The first-order valence-electron chi connectivity index (χ1n) is 3.63. The molecule has 1 atom stereocenters. The molecule has 6 heteroatoms. The number of aryl methyl sites for hydroxylation is 1. The van der Waals surface area contributed by atoms with Crippen LogP contribution in [0.25, 0.3) is 0 Å². The van der Waals surface area contributed by atoms with E-state index < -0.39 is 7.82 Å². The van der Waals surface area contributed by atoms with Gasteiger partial charge in [-0.2, -0.15) is 29.8 Å². The largest absolute Gasteiger partial charge is 1.00 e. The van der Waals surface area contributed by atoms with Crippen molar-refractivity contribution in [3.05, 3.63) is 35.4 Å². The molecule has 1 aromatic rings. The molecule has 0 aliphatic rings. The maximum atomic E-state index is 10.3. The summed E-state index contributed by atoms with van der Waals surface area (Å²) in [6.07, 6.45) is 0. The summed E-state index contributed by atoms with van der Waals surface area (Å²) >= 11 is 0. The van der Waals surface area contributed by atoms with Gasteiger partial charge in [0.1, 0.15) is 0 Å². The minimum Gasteiger partial charge on any atom is -0.756 e. The van der Waals surface area contributed by atoms with Crippen LogP contribution in [0.15, 0.2) is 18.2 Å². The number of benzene rings is 1. The third kappa shape index (κ3) is 5.75. The van der Waals surface area contributed by atoms with Crippen LogP contribution in [0.5, 0.6) is 0 Å². The van der Waals surface area contributed by atoms with Gasteiger partial charge in [0, 0.05) is 0 Å². The second-order valence-electron chi connectivity index (χ2n) is 2.57. The first-order chi connectivity index (χ1) is 5.99. The number of phosphoric ester groups is 1. The van der Waals surface area contributed by atoms with Crippen LogP contribution in [0, 0.1) is 13.0 Å². The summed E-state index contributed by atoms with van der Waals surface area (Å²) in [5.41, 5.74) is 1.49. The van der Waals surface area contributed by atoms with Gasteiger partial charge >= 0.3 is 51.4 Å². The summed E-state index contributed by atoms with van der Waals surface area (Å²) in [4.78, 5) is 18.6. The Morgan fingerprint density at radius 1 is 1.71 bits per heavy atom. The van der Waals surface area contributed by atoms with Crippen LogP contribution in [0.2, 0.25) is 0 Å². The molecule has 0 fully saturated rings. The van der Waals surface area contributed by atoms with Crippen molar-refractivity contribution in [2.45, 2.75) is 13.5 Å². The molecule has 14 heavy (non-hydrogen) atoms. The fourth-order valence-electron chi connectivity index (χ4n) is 0.857. The summed E-state index contributed by atoms with van der Waals surface area (Å²) in [6, 6.07) is 8.06. The van der Waals surface area contributed by atoms with Gasteiger partial charge in [0.15, 0.2) is 0 Å². The van der Waals surface area contributed by atoms with Crippen molar-refractivity contribution in [3.63, 3.8) is 0 Å². The molecule has 1 N–H and O–H groups in total. The predicted octanol–water partition coefficient (Wildman–Crippen LogP) is -2.22. The molecule has 0 aliphatic carbocycles. The molecule has 1 rings (SSSR count). The summed E-state index contributed by atoms with van der Waals surface area (Å²) in [5.74, 6) is 0. The summed E-state index contributed by atoms with van der Waals surface area (Å²) < 4.78 is 14.5. The second kappa shape index (κ2) is 6.53. The van der Waals surface area contributed by atoms with Crippen LogP contribution in [0.3, 0.4) is 0 Å². The summed E-state index contributed by atoms with van der Waals surface area (Å²) in [5, 5.41) is 0. The molecule has 0 amide bonds. The Balaban J connectivity index is 0.00000169. The van der Waals surface area contributed by atoms with Crippen molar-refractivity contribution in [3.8, 4) is 0 Å². The van der Waals surface area contributed by atoms with Crippen molar-refractivity contribution in [2.75, 3.05) is 0 Å². The zero-order chi connectivity index (χ0) is 9.90. The van der Waals surface area contributed by atoms with E-state index in [0.29, 0.717) is 5.56 Å². The Kier molecular flexibility index (Phi) is 6.98. The van der Waals surface area contributed by atoms with Crippen LogP contribution in [-0.4, -0.2) is 4.89 Å². The maximum absolute atomic E-state index is 10.3. The van der Waals surface area contributed by atoms with Crippen LogP contribution in [-0.2, 0) is 15.7 Å². The van der Waals surface area contributed by atoms with Crippen molar-refractivity contribution < 1.29 is 70.3 Å². The van der Waals surface area contributed by atoms with Gasteiger partial charge in [-0.25, -0.2) is 0 Å². The standard InChI is InChI=1S/C8H10O4P.K/c1-7-4-2-3-5-8(7)6-12-13(9,10)11;/h2-4H,6H2,1H3,(H2,9,10,11);/q-1;+1/p-1. The topological polar surface area (TPSA) is 69.6 Å². The van der Waals surface area contributed by atoms with Crippen LogP contribution < -0.4 is 56.3 Å². The number of hydrogen-bond acceptors (Lipinski definition) is 3. The van der Waals surface area contributed by atoms with E-state index in [0.717, 1.165) is 5.56 Å². The molecule has 1 unspecified atom stereocenters. The molecule has 0 saturated heterocycles. The van der Waals surface area contributed by atoms with E-state index in [-0.39, 0.29) is 58.0 Å². The average molecular weight is 239 g/mol. The number of rotatable bonds is 3. The molecular weight excluding hydrogens is 230 g/mol. The molecular formula is C8H9KO4P-. The number of phosphoric acid groups is 1. The van der Waals surface area contributed by atoms with Gasteiger partial charge < -0.3 is 14.3 Å². The molecule has 72 valence electrons. The Labute approximate surface area is 125 Å². The van der Waals surface area contributed by atoms with Gasteiger partial charge in [-0.1, -0.05) is 6.92 Å². The fraction of sp³-hybridized carbons (Fsp3) is 0.250. The Bertz CT molecular complexity index is 336. The van der Waals surface area contributed by atoms with Gasteiger partial charge in [0.05, 0.1) is 6.61 Å². The van der Waals surface area contributed by atoms with E-state index in [1.165, 1.54) is 0 Å². The first-order valence-corrected chi connectivity index (χ1v) is 5.13. The number of hydrogen-bond donors (Lipinski definition) is 1. The van der Waals surface area contributed by atoms with Gasteiger partial charge in [0.2, 0.25) is 0 Å². The van der Waals surface area contributed by atoms with Crippen LogP contribution in [0.1, 0.15) is 11.1 Å². The molecule has 0 aliphatic heterocycles. The van der Waals surface area contributed by atoms with Gasteiger partial charge in [-0.05, 0) is 0 Å². The Hall–Kier alpha value is 0.966. The van der Waals surface area contributed by atoms with Crippen molar-refractivity contribution in [2.24, 2.45) is 0 Å². The quantitative estimate of drug-likeness (QED) is 0.368.